The number of nitrogens with two attached hydrogens (primary N) is 1. The highest BCUT2D eigenvalue weighted by Gasteiger charge is 2.30. The summed E-state index contributed by atoms with van der Waals surface area (Å²) in [5.74, 6) is 2.32. The molecule has 0 saturated heterocycles. The molecule has 2 atom stereocenters. The van der Waals surface area contributed by atoms with E-state index in [9.17, 15) is 0 Å². The first kappa shape index (κ1) is 13.3. The van der Waals surface area contributed by atoms with E-state index in [0.717, 1.165) is 6.54 Å². The second-order valence-electron chi connectivity index (χ2n) is 5.40. The van der Waals surface area contributed by atoms with Gasteiger partial charge in [-0.1, -0.05) is 11.6 Å². The topological polar surface area (TPSA) is 81.3 Å². The van der Waals surface area contributed by atoms with Crippen LogP contribution in [-0.4, -0.2) is 34.7 Å². The van der Waals surface area contributed by atoms with Crippen LogP contribution in [0.3, 0.4) is 0 Å². The summed E-state index contributed by atoms with van der Waals surface area (Å²) in [6.07, 6.45) is 5.25. The van der Waals surface area contributed by atoms with Crippen LogP contribution in [0.5, 0.6) is 0 Å². The Morgan fingerprint density at radius 2 is 2.35 bits per heavy atom. The summed E-state index contributed by atoms with van der Waals surface area (Å²) in [4.78, 5) is 6.64. The highest BCUT2D eigenvalue weighted by molar-refractivity contribution is 5.44. The first-order valence-corrected chi connectivity index (χ1v) is 7.04. The lowest BCUT2D eigenvalue weighted by Gasteiger charge is -2.27. The highest BCUT2D eigenvalue weighted by atomic mass is 16.5. The van der Waals surface area contributed by atoms with Crippen molar-refractivity contribution in [2.75, 3.05) is 13.6 Å². The predicted molar refractivity (Wildman–Crippen MR) is 73.7 cm³/mol. The van der Waals surface area contributed by atoms with Crippen molar-refractivity contribution in [3.63, 3.8) is 0 Å². The molecule has 2 heterocycles. The Balaban J connectivity index is 1.66. The van der Waals surface area contributed by atoms with E-state index in [2.05, 4.69) is 22.1 Å². The van der Waals surface area contributed by atoms with Gasteiger partial charge in [0.05, 0.1) is 12.8 Å². The Morgan fingerprint density at radius 1 is 1.45 bits per heavy atom. The summed E-state index contributed by atoms with van der Waals surface area (Å²) >= 11 is 0. The van der Waals surface area contributed by atoms with Crippen molar-refractivity contribution in [3.05, 3.63) is 24.3 Å². The van der Waals surface area contributed by atoms with E-state index >= 15 is 0 Å². The van der Waals surface area contributed by atoms with Crippen LogP contribution in [0.25, 0.3) is 11.6 Å². The molecule has 20 heavy (non-hydrogen) atoms. The Kier molecular flexibility index (Phi) is 3.84. The molecule has 6 heteroatoms. The van der Waals surface area contributed by atoms with Crippen molar-refractivity contribution in [1.82, 2.24) is 15.0 Å². The molecule has 0 radical (unpaired) electrons. The van der Waals surface area contributed by atoms with Crippen LogP contribution in [0.15, 0.2) is 27.3 Å². The predicted octanol–water partition coefficient (Wildman–Crippen LogP) is 1.89. The lowest BCUT2D eigenvalue weighted by Crippen LogP contribution is -2.37. The van der Waals surface area contributed by atoms with Crippen molar-refractivity contribution in [1.29, 1.82) is 0 Å². The number of nitrogens with zero attached hydrogens (tertiary/aromatic N) is 3. The molecule has 2 N–H and O–H groups in total. The minimum absolute atomic E-state index is 0.500. The SMILES string of the molecule is CN(Cc1nc(-c2ccco2)no1)C1CCCC1CN. The van der Waals surface area contributed by atoms with Crippen LogP contribution in [-0.2, 0) is 6.54 Å². The molecule has 108 valence electrons. The normalized spacial score (nSPS) is 22.8. The molecule has 6 nitrogen and oxygen atoms in total. The molecule has 2 aromatic heterocycles. The minimum Gasteiger partial charge on any atom is -0.461 e. The molecule has 1 aliphatic rings. The van der Waals surface area contributed by atoms with Gasteiger partial charge in [-0.05, 0) is 44.5 Å². The molecule has 1 saturated carbocycles. The summed E-state index contributed by atoms with van der Waals surface area (Å²) < 4.78 is 10.6. The maximum absolute atomic E-state index is 5.83. The van der Waals surface area contributed by atoms with Crippen LogP contribution < -0.4 is 5.73 Å². The summed E-state index contributed by atoms with van der Waals surface area (Å²) in [6.45, 7) is 1.39. The summed E-state index contributed by atoms with van der Waals surface area (Å²) in [5, 5.41) is 3.95. The number of hydrogen-bond acceptors (Lipinski definition) is 6. The lowest BCUT2D eigenvalue weighted by molar-refractivity contribution is 0.171. The van der Waals surface area contributed by atoms with Gasteiger partial charge in [-0.3, -0.25) is 4.90 Å². The zero-order valence-corrected chi connectivity index (χ0v) is 11.7. The largest absolute Gasteiger partial charge is 0.461 e. The van der Waals surface area contributed by atoms with Crippen molar-refractivity contribution in [2.24, 2.45) is 11.7 Å². The van der Waals surface area contributed by atoms with Crippen molar-refractivity contribution < 1.29 is 8.94 Å². The average molecular weight is 276 g/mol. The molecular formula is C14H20N4O2. The summed E-state index contributed by atoms with van der Waals surface area (Å²) in [6, 6.07) is 4.14. The lowest BCUT2D eigenvalue weighted by atomic mass is 10.0. The average Bonchev–Trinajstić information content (AvgIpc) is 3.19. The van der Waals surface area contributed by atoms with Gasteiger partial charge >= 0.3 is 0 Å². The first-order chi connectivity index (χ1) is 9.78. The molecule has 3 rings (SSSR count). The van der Waals surface area contributed by atoms with Crippen LogP contribution in [0.1, 0.15) is 25.2 Å². The fraction of sp³-hybridized carbons (Fsp3) is 0.571. The Hall–Kier alpha value is -1.66. The van der Waals surface area contributed by atoms with E-state index in [4.69, 9.17) is 14.7 Å². The zero-order valence-electron chi connectivity index (χ0n) is 11.7. The van der Waals surface area contributed by atoms with E-state index in [-0.39, 0.29) is 0 Å². The van der Waals surface area contributed by atoms with Gasteiger partial charge in [0.15, 0.2) is 5.76 Å². The third-order valence-electron chi connectivity index (χ3n) is 4.08. The third kappa shape index (κ3) is 2.62. The molecule has 0 aromatic carbocycles. The van der Waals surface area contributed by atoms with Gasteiger partial charge in [0.25, 0.3) is 0 Å². The molecular weight excluding hydrogens is 256 g/mol. The van der Waals surface area contributed by atoms with Crippen LogP contribution in [0, 0.1) is 5.92 Å². The van der Waals surface area contributed by atoms with E-state index < -0.39 is 0 Å². The molecule has 2 unspecified atom stereocenters. The maximum Gasteiger partial charge on any atom is 0.241 e. The minimum atomic E-state index is 0.500. The van der Waals surface area contributed by atoms with Gasteiger partial charge in [0.1, 0.15) is 0 Å². The van der Waals surface area contributed by atoms with Gasteiger partial charge in [0, 0.05) is 6.04 Å². The van der Waals surface area contributed by atoms with Gasteiger partial charge in [0.2, 0.25) is 11.7 Å². The quantitative estimate of drug-likeness (QED) is 0.898. The Bertz CT molecular complexity index is 537. The standard InChI is InChI=1S/C14H20N4O2/c1-18(11-5-2-4-10(11)8-15)9-13-16-14(17-20-13)12-6-3-7-19-12/h3,6-7,10-11H,2,4-5,8-9,15H2,1H3. The molecule has 1 aliphatic carbocycles. The summed E-state index contributed by atoms with van der Waals surface area (Å²) in [7, 11) is 2.09. The van der Waals surface area contributed by atoms with Gasteiger partial charge in [-0.15, -0.1) is 0 Å². The third-order valence-corrected chi connectivity index (χ3v) is 4.08. The van der Waals surface area contributed by atoms with Crippen molar-refractivity contribution in [2.45, 2.75) is 31.8 Å². The van der Waals surface area contributed by atoms with E-state index in [0.29, 0.717) is 36.0 Å². The second-order valence-corrected chi connectivity index (χ2v) is 5.40. The molecule has 0 bridgehead atoms. The van der Waals surface area contributed by atoms with Crippen LogP contribution in [0.4, 0.5) is 0 Å². The van der Waals surface area contributed by atoms with Gasteiger partial charge in [-0.25, -0.2) is 0 Å². The highest BCUT2D eigenvalue weighted by Crippen LogP contribution is 2.29. The van der Waals surface area contributed by atoms with E-state index in [1.807, 2.05) is 12.1 Å². The zero-order chi connectivity index (χ0) is 13.9. The molecule has 2 aromatic rings. The number of hydrogen-bond donors (Lipinski definition) is 1. The first-order valence-electron chi connectivity index (χ1n) is 7.04. The van der Waals surface area contributed by atoms with Crippen molar-refractivity contribution in [3.8, 4) is 11.6 Å². The second kappa shape index (κ2) is 5.76. The molecule has 0 amide bonds. The van der Waals surface area contributed by atoms with Gasteiger partial charge < -0.3 is 14.7 Å². The summed E-state index contributed by atoms with van der Waals surface area (Å²) in [5.41, 5.74) is 5.83. The maximum atomic E-state index is 5.83. The Morgan fingerprint density at radius 3 is 3.10 bits per heavy atom. The van der Waals surface area contributed by atoms with Gasteiger partial charge in [-0.2, -0.15) is 4.98 Å². The van der Waals surface area contributed by atoms with Crippen LogP contribution >= 0.6 is 0 Å². The number of aromatic nitrogens is 2. The molecule has 1 fully saturated rings. The monoisotopic (exact) mass is 276 g/mol. The van der Waals surface area contributed by atoms with E-state index in [1.54, 1.807) is 6.26 Å². The van der Waals surface area contributed by atoms with Crippen LogP contribution in [0.2, 0.25) is 0 Å². The fourth-order valence-electron chi connectivity index (χ4n) is 3.03. The number of furan rings is 1. The molecule has 0 aliphatic heterocycles. The smallest absolute Gasteiger partial charge is 0.241 e. The van der Waals surface area contributed by atoms with Crippen molar-refractivity contribution >= 4 is 0 Å². The Labute approximate surface area is 117 Å². The van der Waals surface area contributed by atoms with E-state index in [1.165, 1.54) is 19.3 Å². The molecule has 0 spiro atoms. The fourth-order valence-corrected chi connectivity index (χ4v) is 3.03. The number of rotatable bonds is 5.